The molecule has 0 bridgehead atoms. The molecule has 0 unspecified atom stereocenters. The highest BCUT2D eigenvalue weighted by atomic mass is 16.5. The SMILES string of the molecule is COc1ccc2ccccc2c1C(=O)N1CCc2c(c3ccc(C)cc3n2CC(=O)O)C1. The van der Waals surface area contributed by atoms with E-state index in [1.165, 1.54) is 0 Å². The zero-order chi connectivity index (χ0) is 22.4. The third kappa shape index (κ3) is 3.19. The number of nitrogens with zero attached hydrogens (tertiary/aromatic N) is 2. The Balaban J connectivity index is 1.60. The number of fused-ring (bicyclic) bond motifs is 4. The van der Waals surface area contributed by atoms with Gasteiger partial charge in [-0.15, -0.1) is 0 Å². The van der Waals surface area contributed by atoms with Crippen LogP contribution in [0.4, 0.5) is 0 Å². The Bertz CT molecular complexity index is 1390. The van der Waals surface area contributed by atoms with Gasteiger partial charge in [0.25, 0.3) is 5.91 Å². The molecule has 0 fully saturated rings. The summed E-state index contributed by atoms with van der Waals surface area (Å²) in [5.41, 5.74) is 4.59. The molecule has 0 atom stereocenters. The highest BCUT2D eigenvalue weighted by molar-refractivity contribution is 6.09. The highest BCUT2D eigenvalue weighted by Crippen LogP contribution is 2.34. The molecule has 1 aliphatic heterocycles. The summed E-state index contributed by atoms with van der Waals surface area (Å²) in [6.07, 6.45) is 0.606. The molecule has 0 aliphatic carbocycles. The Labute approximate surface area is 185 Å². The molecule has 3 aromatic carbocycles. The van der Waals surface area contributed by atoms with Crippen LogP contribution in [0.2, 0.25) is 0 Å². The van der Waals surface area contributed by atoms with Crippen LogP contribution in [0.3, 0.4) is 0 Å². The van der Waals surface area contributed by atoms with Crippen molar-refractivity contribution in [2.75, 3.05) is 13.7 Å². The van der Waals surface area contributed by atoms with Crippen LogP contribution in [0, 0.1) is 6.92 Å². The quantitative estimate of drug-likeness (QED) is 0.523. The number of carbonyl (C=O) groups is 2. The summed E-state index contributed by atoms with van der Waals surface area (Å²) in [5, 5.41) is 12.3. The number of amides is 1. The first-order valence-corrected chi connectivity index (χ1v) is 10.7. The van der Waals surface area contributed by atoms with Crippen molar-refractivity contribution in [2.45, 2.75) is 26.4 Å². The zero-order valence-corrected chi connectivity index (χ0v) is 18.1. The molecule has 1 aromatic heterocycles. The fourth-order valence-electron chi connectivity index (χ4n) is 4.85. The van der Waals surface area contributed by atoms with E-state index in [9.17, 15) is 14.7 Å². The van der Waals surface area contributed by atoms with Crippen molar-refractivity contribution >= 4 is 33.6 Å². The van der Waals surface area contributed by atoms with E-state index < -0.39 is 5.97 Å². The van der Waals surface area contributed by atoms with Crippen LogP contribution in [0.1, 0.15) is 27.2 Å². The summed E-state index contributed by atoms with van der Waals surface area (Å²) >= 11 is 0. The maximum absolute atomic E-state index is 13.7. The molecule has 1 amide bonds. The molecule has 6 nitrogen and oxygen atoms in total. The molecule has 6 heteroatoms. The van der Waals surface area contributed by atoms with E-state index in [-0.39, 0.29) is 12.5 Å². The van der Waals surface area contributed by atoms with Gasteiger partial charge in [-0.1, -0.05) is 42.5 Å². The van der Waals surface area contributed by atoms with Crippen molar-refractivity contribution in [3.05, 3.63) is 77.0 Å². The molecule has 0 spiro atoms. The number of aryl methyl sites for hydroxylation is 1. The highest BCUT2D eigenvalue weighted by Gasteiger charge is 2.29. The monoisotopic (exact) mass is 428 g/mol. The second-order valence-corrected chi connectivity index (χ2v) is 8.27. The van der Waals surface area contributed by atoms with Crippen LogP contribution >= 0.6 is 0 Å². The van der Waals surface area contributed by atoms with E-state index in [0.717, 1.165) is 38.5 Å². The Kier molecular flexibility index (Phi) is 4.85. The minimum atomic E-state index is -0.870. The molecule has 0 saturated carbocycles. The van der Waals surface area contributed by atoms with E-state index in [2.05, 4.69) is 0 Å². The average Bonchev–Trinajstić information content (AvgIpc) is 3.09. The number of aromatic nitrogens is 1. The summed E-state index contributed by atoms with van der Waals surface area (Å²) in [6, 6.07) is 17.7. The summed E-state index contributed by atoms with van der Waals surface area (Å²) < 4.78 is 7.44. The number of carboxylic acid groups (broad SMARTS) is 1. The second-order valence-electron chi connectivity index (χ2n) is 8.27. The van der Waals surface area contributed by atoms with Gasteiger partial charge in [0.1, 0.15) is 12.3 Å². The van der Waals surface area contributed by atoms with Gasteiger partial charge < -0.3 is 19.3 Å². The standard InChI is InChI=1S/C26H24N2O4/c1-16-7-9-19-20-14-27(12-11-21(20)28(15-24(29)30)22(19)13-16)26(31)25-18-6-4-3-5-17(18)8-10-23(25)32-2/h3-10,13H,11-12,14-15H2,1-2H3,(H,29,30). The molecule has 2 heterocycles. The van der Waals surface area contributed by atoms with E-state index in [4.69, 9.17) is 4.74 Å². The number of benzene rings is 3. The number of hydrogen-bond donors (Lipinski definition) is 1. The first kappa shape index (κ1) is 20.1. The van der Waals surface area contributed by atoms with Crippen LogP contribution in [-0.2, 0) is 24.3 Å². The van der Waals surface area contributed by atoms with Crippen LogP contribution in [-0.4, -0.2) is 40.1 Å². The van der Waals surface area contributed by atoms with E-state index in [1.54, 1.807) is 7.11 Å². The van der Waals surface area contributed by atoms with Gasteiger partial charge in [0.05, 0.1) is 12.7 Å². The summed E-state index contributed by atoms with van der Waals surface area (Å²) in [7, 11) is 1.58. The van der Waals surface area contributed by atoms with Gasteiger partial charge in [0, 0.05) is 41.7 Å². The summed E-state index contributed by atoms with van der Waals surface area (Å²) in [6.45, 7) is 2.87. The minimum absolute atomic E-state index is 0.0736. The first-order chi connectivity index (χ1) is 15.5. The van der Waals surface area contributed by atoms with Crippen LogP contribution < -0.4 is 4.74 Å². The van der Waals surface area contributed by atoms with E-state index in [0.29, 0.717) is 30.8 Å². The van der Waals surface area contributed by atoms with Crippen molar-refractivity contribution in [2.24, 2.45) is 0 Å². The van der Waals surface area contributed by atoms with Gasteiger partial charge in [-0.25, -0.2) is 0 Å². The molecule has 0 saturated heterocycles. The van der Waals surface area contributed by atoms with Crippen molar-refractivity contribution in [1.82, 2.24) is 9.47 Å². The number of carbonyl (C=O) groups excluding carboxylic acids is 1. The Morgan fingerprint density at radius 3 is 2.66 bits per heavy atom. The Morgan fingerprint density at radius 1 is 1.06 bits per heavy atom. The molecule has 5 rings (SSSR count). The topological polar surface area (TPSA) is 71.8 Å². The van der Waals surface area contributed by atoms with Crippen LogP contribution in [0.25, 0.3) is 21.7 Å². The van der Waals surface area contributed by atoms with Gasteiger partial charge in [-0.3, -0.25) is 9.59 Å². The number of rotatable bonds is 4. The molecule has 32 heavy (non-hydrogen) atoms. The fourth-order valence-corrected chi connectivity index (χ4v) is 4.85. The lowest BCUT2D eigenvalue weighted by Crippen LogP contribution is -2.36. The van der Waals surface area contributed by atoms with Gasteiger partial charge in [-0.2, -0.15) is 0 Å². The van der Waals surface area contributed by atoms with Gasteiger partial charge >= 0.3 is 5.97 Å². The minimum Gasteiger partial charge on any atom is -0.496 e. The first-order valence-electron chi connectivity index (χ1n) is 10.7. The second kappa shape index (κ2) is 7.71. The molecule has 1 aliphatic rings. The third-order valence-electron chi connectivity index (χ3n) is 6.32. The van der Waals surface area contributed by atoms with Crippen LogP contribution in [0.15, 0.2) is 54.6 Å². The average molecular weight is 428 g/mol. The molecular formula is C26H24N2O4. The molecule has 0 radical (unpaired) electrons. The van der Waals surface area contributed by atoms with E-state index >= 15 is 0 Å². The number of hydrogen-bond acceptors (Lipinski definition) is 3. The predicted molar refractivity (Wildman–Crippen MR) is 123 cm³/mol. The Hall–Kier alpha value is -3.80. The number of methoxy groups -OCH3 is 1. The third-order valence-corrected chi connectivity index (χ3v) is 6.32. The lowest BCUT2D eigenvalue weighted by atomic mass is 9.99. The maximum Gasteiger partial charge on any atom is 0.323 e. The maximum atomic E-state index is 13.7. The number of carboxylic acids is 1. The molecule has 1 N–H and O–H groups in total. The largest absolute Gasteiger partial charge is 0.496 e. The van der Waals surface area contributed by atoms with Crippen molar-refractivity contribution in [3.8, 4) is 5.75 Å². The van der Waals surface area contributed by atoms with Gasteiger partial charge in [-0.05, 0) is 35.4 Å². The Morgan fingerprint density at radius 2 is 1.88 bits per heavy atom. The van der Waals surface area contributed by atoms with E-state index in [1.807, 2.05) is 71.0 Å². The normalized spacial score (nSPS) is 13.4. The number of aliphatic carboxylic acids is 1. The summed E-state index contributed by atoms with van der Waals surface area (Å²) in [4.78, 5) is 27.1. The lowest BCUT2D eigenvalue weighted by Gasteiger charge is -2.29. The summed E-state index contributed by atoms with van der Waals surface area (Å²) in [5.74, 6) is -0.385. The molecule has 4 aromatic rings. The van der Waals surface area contributed by atoms with Crippen molar-refractivity contribution in [3.63, 3.8) is 0 Å². The van der Waals surface area contributed by atoms with Crippen molar-refractivity contribution < 1.29 is 19.4 Å². The van der Waals surface area contributed by atoms with Crippen LogP contribution in [0.5, 0.6) is 5.75 Å². The molecule has 162 valence electrons. The van der Waals surface area contributed by atoms with Gasteiger partial charge in [0.15, 0.2) is 0 Å². The molecular weight excluding hydrogens is 404 g/mol. The smallest absolute Gasteiger partial charge is 0.323 e. The number of ether oxygens (including phenoxy) is 1. The van der Waals surface area contributed by atoms with Crippen molar-refractivity contribution in [1.29, 1.82) is 0 Å². The fraction of sp³-hybridized carbons (Fsp3) is 0.231. The van der Waals surface area contributed by atoms with Gasteiger partial charge in [0.2, 0.25) is 0 Å². The predicted octanol–water partition coefficient (Wildman–Crippen LogP) is 4.39. The zero-order valence-electron chi connectivity index (χ0n) is 18.1. The lowest BCUT2D eigenvalue weighted by molar-refractivity contribution is -0.137.